The number of hydrogen-bond acceptors (Lipinski definition) is 4. The second-order valence-corrected chi connectivity index (χ2v) is 5.30. The number of benzene rings is 1. The fraction of sp³-hybridized carbons (Fsp3) is 0.294. The van der Waals surface area contributed by atoms with E-state index in [2.05, 4.69) is 9.88 Å². The molecule has 5 heteroatoms. The number of pyridine rings is 1. The maximum Gasteiger partial charge on any atom is 0.415 e. The van der Waals surface area contributed by atoms with Crippen LogP contribution in [0.5, 0.6) is 5.75 Å². The monoisotopic (exact) mass is 297 g/mol. The first-order chi connectivity index (χ1) is 10.8. The number of hydrogen-bond donors (Lipinski definition) is 0. The van der Waals surface area contributed by atoms with E-state index in [9.17, 15) is 4.79 Å². The number of para-hydroxylation sites is 1. The Morgan fingerprint density at radius 2 is 1.68 bits per heavy atom. The number of aromatic nitrogens is 1. The van der Waals surface area contributed by atoms with E-state index in [1.807, 2.05) is 42.7 Å². The molecule has 1 aromatic carbocycles. The van der Waals surface area contributed by atoms with Crippen LogP contribution in [0.1, 0.15) is 5.56 Å². The number of amides is 1. The summed E-state index contributed by atoms with van der Waals surface area (Å²) < 4.78 is 5.37. The van der Waals surface area contributed by atoms with Crippen molar-refractivity contribution < 1.29 is 9.53 Å². The molecule has 0 saturated carbocycles. The highest BCUT2D eigenvalue weighted by molar-refractivity contribution is 5.70. The van der Waals surface area contributed by atoms with Crippen LogP contribution in [-0.2, 0) is 6.54 Å². The fourth-order valence-electron chi connectivity index (χ4n) is 2.49. The van der Waals surface area contributed by atoms with Crippen LogP contribution in [0.25, 0.3) is 0 Å². The molecule has 0 radical (unpaired) electrons. The third kappa shape index (κ3) is 3.83. The fourth-order valence-corrected chi connectivity index (χ4v) is 2.49. The lowest BCUT2D eigenvalue weighted by atomic mass is 10.2. The van der Waals surface area contributed by atoms with Crippen LogP contribution < -0.4 is 4.74 Å². The third-order valence-corrected chi connectivity index (χ3v) is 3.73. The molecule has 5 nitrogen and oxygen atoms in total. The number of nitrogens with zero attached hydrogens (tertiary/aromatic N) is 3. The molecule has 1 aromatic heterocycles. The molecule has 0 atom stereocenters. The summed E-state index contributed by atoms with van der Waals surface area (Å²) in [6.45, 7) is 3.98. The van der Waals surface area contributed by atoms with Crippen LogP contribution in [0.15, 0.2) is 54.9 Å². The Hall–Kier alpha value is -2.40. The van der Waals surface area contributed by atoms with Gasteiger partial charge in [-0.15, -0.1) is 0 Å². The molecule has 1 aliphatic rings. The Morgan fingerprint density at radius 1 is 1.00 bits per heavy atom. The van der Waals surface area contributed by atoms with Crippen molar-refractivity contribution in [2.45, 2.75) is 6.54 Å². The van der Waals surface area contributed by atoms with Gasteiger partial charge < -0.3 is 9.64 Å². The van der Waals surface area contributed by atoms with Crippen molar-refractivity contribution in [3.05, 3.63) is 60.4 Å². The number of rotatable bonds is 3. The highest BCUT2D eigenvalue weighted by atomic mass is 16.6. The van der Waals surface area contributed by atoms with Gasteiger partial charge in [0, 0.05) is 45.1 Å². The van der Waals surface area contributed by atoms with Crippen LogP contribution in [0, 0.1) is 0 Å². The minimum Gasteiger partial charge on any atom is -0.410 e. The molecule has 1 saturated heterocycles. The van der Waals surface area contributed by atoms with Crippen molar-refractivity contribution in [2.75, 3.05) is 26.2 Å². The summed E-state index contributed by atoms with van der Waals surface area (Å²) in [5.74, 6) is 0.590. The maximum absolute atomic E-state index is 12.1. The van der Waals surface area contributed by atoms with Crippen molar-refractivity contribution in [3.63, 3.8) is 0 Å². The Labute approximate surface area is 130 Å². The second-order valence-electron chi connectivity index (χ2n) is 5.30. The molecule has 0 bridgehead atoms. The molecule has 1 amide bonds. The summed E-state index contributed by atoms with van der Waals surface area (Å²) in [7, 11) is 0. The van der Waals surface area contributed by atoms with Crippen LogP contribution in [-0.4, -0.2) is 47.1 Å². The van der Waals surface area contributed by atoms with Gasteiger partial charge in [-0.1, -0.05) is 18.2 Å². The van der Waals surface area contributed by atoms with Crippen molar-refractivity contribution in [3.8, 4) is 5.75 Å². The summed E-state index contributed by atoms with van der Waals surface area (Å²) >= 11 is 0. The molecule has 1 aliphatic heterocycles. The summed E-state index contributed by atoms with van der Waals surface area (Å²) in [5, 5.41) is 0. The van der Waals surface area contributed by atoms with Gasteiger partial charge >= 0.3 is 6.09 Å². The predicted octanol–water partition coefficient (Wildman–Crippen LogP) is 2.40. The largest absolute Gasteiger partial charge is 0.415 e. The highest BCUT2D eigenvalue weighted by Crippen LogP contribution is 2.12. The Kier molecular flexibility index (Phi) is 4.65. The first kappa shape index (κ1) is 14.5. The van der Waals surface area contributed by atoms with Crippen LogP contribution >= 0.6 is 0 Å². The topological polar surface area (TPSA) is 45.7 Å². The first-order valence-electron chi connectivity index (χ1n) is 7.44. The van der Waals surface area contributed by atoms with Crippen molar-refractivity contribution in [2.24, 2.45) is 0 Å². The SMILES string of the molecule is O=C(Oc1ccccc1)N1CCN(Cc2ccncc2)CC1. The summed E-state index contributed by atoms with van der Waals surface area (Å²) in [5.41, 5.74) is 1.25. The normalized spacial score (nSPS) is 15.5. The van der Waals surface area contributed by atoms with Crippen molar-refractivity contribution in [1.29, 1.82) is 0 Å². The standard InChI is InChI=1S/C17H19N3O2/c21-17(22-16-4-2-1-3-5-16)20-12-10-19(11-13-20)14-15-6-8-18-9-7-15/h1-9H,10-14H2. The molecule has 22 heavy (non-hydrogen) atoms. The number of carbonyl (C=O) groups excluding carboxylic acids is 1. The minimum atomic E-state index is -0.269. The highest BCUT2D eigenvalue weighted by Gasteiger charge is 2.22. The maximum atomic E-state index is 12.1. The predicted molar refractivity (Wildman–Crippen MR) is 83.6 cm³/mol. The Morgan fingerprint density at radius 3 is 2.36 bits per heavy atom. The summed E-state index contributed by atoms with van der Waals surface area (Å²) in [6.07, 6.45) is 3.35. The smallest absolute Gasteiger partial charge is 0.410 e. The Bertz CT molecular complexity index is 596. The van der Waals surface area contributed by atoms with Crippen LogP contribution in [0.2, 0.25) is 0 Å². The molecule has 2 heterocycles. The van der Waals surface area contributed by atoms with Crippen LogP contribution in [0.4, 0.5) is 4.79 Å². The molecular formula is C17H19N3O2. The van der Waals surface area contributed by atoms with E-state index in [0.29, 0.717) is 18.8 Å². The molecular weight excluding hydrogens is 278 g/mol. The van der Waals surface area contributed by atoms with E-state index in [-0.39, 0.29) is 6.09 Å². The Balaban J connectivity index is 1.48. The molecule has 3 rings (SSSR count). The van der Waals surface area contributed by atoms with E-state index in [4.69, 9.17) is 4.74 Å². The third-order valence-electron chi connectivity index (χ3n) is 3.73. The molecule has 114 valence electrons. The van der Waals surface area contributed by atoms with Gasteiger partial charge in [0.25, 0.3) is 0 Å². The lowest BCUT2D eigenvalue weighted by molar-refractivity contribution is 0.108. The first-order valence-corrected chi connectivity index (χ1v) is 7.44. The molecule has 1 fully saturated rings. The second kappa shape index (κ2) is 7.04. The zero-order chi connectivity index (χ0) is 15.2. The van der Waals surface area contributed by atoms with Gasteiger partial charge in [-0.3, -0.25) is 9.88 Å². The molecule has 0 spiro atoms. The summed E-state index contributed by atoms with van der Waals surface area (Å²) in [6, 6.07) is 13.2. The number of ether oxygens (including phenoxy) is 1. The van der Waals surface area contributed by atoms with Crippen LogP contribution in [0.3, 0.4) is 0 Å². The van der Waals surface area contributed by atoms with Gasteiger partial charge in [0.1, 0.15) is 5.75 Å². The average molecular weight is 297 g/mol. The van der Waals surface area contributed by atoms with E-state index in [1.54, 1.807) is 17.0 Å². The van der Waals surface area contributed by atoms with Gasteiger partial charge in [-0.05, 0) is 29.8 Å². The zero-order valence-electron chi connectivity index (χ0n) is 12.4. The zero-order valence-corrected chi connectivity index (χ0v) is 12.4. The number of piperazine rings is 1. The average Bonchev–Trinajstić information content (AvgIpc) is 2.57. The molecule has 0 N–H and O–H groups in total. The minimum absolute atomic E-state index is 0.269. The lowest BCUT2D eigenvalue weighted by Gasteiger charge is -2.34. The van der Waals surface area contributed by atoms with Crippen molar-refractivity contribution >= 4 is 6.09 Å². The van der Waals surface area contributed by atoms with Gasteiger partial charge in [-0.25, -0.2) is 4.79 Å². The van der Waals surface area contributed by atoms with E-state index >= 15 is 0 Å². The van der Waals surface area contributed by atoms with E-state index < -0.39 is 0 Å². The quantitative estimate of drug-likeness (QED) is 0.872. The van der Waals surface area contributed by atoms with E-state index in [0.717, 1.165) is 19.6 Å². The number of carbonyl (C=O) groups is 1. The summed E-state index contributed by atoms with van der Waals surface area (Å²) in [4.78, 5) is 20.2. The lowest BCUT2D eigenvalue weighted by Crippen LogP contribution is -2.49. The molecule has 2 aromatic rings. The van der Waals surface area contributed by atoms with Gasteiger partial charge in [-0.2, -0.15) is 0 Å². The molecule has 0 unspecified atom stereocenters. The van der Waals surface area contributed by atoms with Gasteiger partial charge in [0.05, 0.1) is 0 Å². The van der Waals surface area contributed by atoms with E-state index in [1.165, 1.54) is 5.56 Å². The van der Waals surface area contributed by atoms with Crippen molar-refractivity contribution in [1.82, 2.24) is 14.8 Å². The van der Waals surface area contributed by atoms with Gasteiger partial charge in [0.15, 0.2) is 0 Å². The molecule has 0 aliphatic carbocycles. The van der Waals surface area contributed by atoms with Gasteiger partial charge in [0.2, 0.25) is 0 Å².